The number of amides is 1. The highest BCUT2D eigenvalue weighted by molar-refractivity contribution is 5.86. The van der Waals surface area contributed by atoms with Crippen LogP contribution in [0, 0.1) is 6.92 Å². The van der Waals surface area contributed by atoms with Crippen molar-refractivity contribution >= 4 is 22.8 Å². The highest BCUT2D eigenvalue weighted by Crippen LogP contribution is 2.25. The van der Waals surface area contributed by atoms with E-state index in [1.807, 2.05) is 26.1 Å². The average molecular weight is 407 g/mol. The number of nitrogens with zero attached hydrogens (tertiary/aromatic N) is 5. The second kappa shape index (κ2) is 8.21. The predicted octanol–water partition coefficient (Wildman–Crippen LogP) is 2.65. The maximum atomic E-state index is 12.2. The molecular weight excluding hydrogens is 386 g/mol. The van der Waals surface area contributed by atoms with Gasteiger partial charge >= 0.3 is 6.09 Å². The molecule has 0 atom stereocenters. The molecule has 0 aliphatic carbocycles. The van der Waals surface area contributed by atoms with E-state index in [9.17, 15) is 4.79 Å². The lowest BCUT2D eigenvalue weighted by Crippen LogP contribution is -2.24. The van der Waals surface area contributed by atoms with Crippen molar-refractivity contribution in [1.29, 1.82) is 0 Å². The first-order chi connectivity index (χ1) is 14.5. The number of fused-ring (bicyclic) bond motifs is 1. The molecule has 1 aromatic carbocycles. The van der Waals surface area contributed by atoms with Crippen molar-refractivity contribution in [2.75, 3.05) is 12.4 Å². The zero-order valence-corrected chi connectivity index (χ0v) is 16.8. The molecule has 10 nitrogen and oxygen atoms in total. The Labute approximate surface area is 172 Å². The lowest BCUT2D eigenvalue weighted by atomic mass is 10.2. The second-order valence-electron chi connectivity index (χ2n) is 6.64. The fraction of sp³-hybridized carbons (Fsp3) is 0.200. The van der Waals surface area contributed by atoms with Crippen LogP contribution in [-0.4, -0.2) is 37.6 Å². The molecule has 0 saturated carbocycles. The van der Waals surface area contributed by atoms with Crippen molar-refractivity contribution in [2.45, 2.75) is 13.5 Å². The molecule has 4 aromatic rings. The topological polar surface area (TPSA) is 108 Å². The second-order valence-corrected chi connectivity index (χ2v) is 6.64. The van der Waals surface area contributed by atoms with Crippen LogP contribution < -0.4 is 20.2 Å². The minimum atomic E-state index is -0.635. The van der Waals surface area contributed by atoms with Crippen LogP contribution in [0.3, 0.4) is 0 Å². The minimum Gasteiger partial charge on any atom is -0.439 e. The number of anilines is 1. The van der Waals surface area contributed by atoms with Crippen LogP contribution in [0.1, 0.15) is 11.4 Å². The number of carbonyl (C=O) groups excluding carboxylic acids is 1. The number of benzene rings is 1. The molecule has 0 spiro atoms. The lowest BCUT2D eigenvalue weighted by molar-refractivity contribution is 0.153. The molecule has 2 N–H and O–H groups in total. The fourth-order valence-electron chi connectivity index (χ4n) is 2.91. The first-order valence-electron chi connectivity index (χ1n) is 9.26. The summed E-state index contributed by atoms with van der Waals surface area (Å²) in [5, 5.41) is 10.7. The van der Waals surface area contributed by atoms with Gasteiger partial charge in [0.15, 0.2) is 5.82 Å². The van der Waals surface area contributed by atoms with Crippen LogP contribution >= 0.6 is 0 Å². The number of hydrogen-bond donors (Lipinski definition) is 2. The van der Waals surface area contributed by atoms with Crippen LogP contribution in [0.4, 0.5) is 10.6 Å². The molecule has 3 aromatic heterocycles. The van der Waals surface area contributed by atoms with Crippen LogP contribution in [0.15, 0.2) is 48.9 Å². The largest absolute Gasteiger partial charge is 0.439 e. The van der Waals surface area contributed by atoms with E-state index in [4.69, 9.17) is 9.57 Å². The SMILES string of the molecule is CNCc1cc(Oc2ccc3c(ccn3OC(=O)Nc3cc(C)n(C)n3)c2)ncn1. The quantitative estimate of drug-likeness (QED) is 0.506. The van der Waals surface area contributed by atoms with Gasteiger partial charge < -0.3 is 14.9 Å². The van der Waals surface area contributed by atoms with E-state index in [0.29, 0.717) is 29.5 Å². The number of ether oxygens (including phenoxy) is 1. The van der Waals surface area contributed by atoms with Gasteiger partial charge in [-0.15, -0.1) is 0 Å². The molecule has 4 rings (SSSR count). The normalized spacial score (nSPS) is 10.9. The Morgan fingerprint density at radius 1 is 1.17 bits per heavy atom. The molecule has 0 fully saturated rings. The van der Waals surface area contributed by atoms with Crippen LogP contribution in [-0.2, 0) is 13.6 Å². The Hall–Kier alpha value is -3.92. The van der Waals surface area contributed by atoms with Crippen molar-refractivity contribution in [3.63, 3.8) is 0 Å². The number of nitrogens with one attached hydrogen (secondary N) is 2. The standard InChI is InChI=1S/C20H21N7O3/c1-13-8-18(25-26(13)3)24-20(28)30-27-7-6-14-9-16(4-5-17(14)27)29-19-10-15(11-21-2)22-12-23-19/h4-10,12,21H,11H2,1-3H3,(H,24,25,28). The predicted molar refractivity (Wildman–Crippen MR) is 110 cm³/mol. The third-order valence-corrected chi connectivity index (χ3v) is 4.43. The number of rotatable bonds is 6. The molecule has 0 aliphatic rings. The van der Waals surface area contributed by atoms with Crippen molar-refractivity contribution < 1.29 is 14.4 Å². The summed E-state index contributed by atoms with van der Waals surface area (Å²) in [4.78, 5) is 25.9. The van der Waals surface area contributed by atoms with Crippen LogP contribution in [0.5, 0.6) is 11.6 Å². The number of aryl methyl sites for hydroxylation is 2. The van der Waals surface area contributed by atoms with Gasteiger partial charge in [0.05, 0.1) is 11.2 Å². The summed E-state index contributed by atoms with van der Waals surface area (Å²) in [5.41, 5.74) is 2.47. The number of hydrogen-bond acceptors (Lipinski definition) is 7. The van der Waals surface area contributed by atoms with E-state index < -0.39 is 6.09 Å². The summed E-state index contributed by atoms with van der Waals surface area (Å²) in [7, 11) is 3.65. The molecule has 0 unspecified atom stereocenters. The number of carbonyl (C=O) groups is 1. The molecule has 0 radical (unpaired) electrons. The zero-order chi connectivity index (χ0) is 21.1. The van der Waals surface area contributed by atoms with Crippen LogP contribution in [0.25, 0.3) is 10.9 Å². The molecule has 0 aliphatic heterocycles. The van der Waals surface area contributed by atoms with Gasteiger partial charge in [-0.1, -0.05) is 0 Å². The van der Waals surface area contributed by atoms with Gasteiger partial charge in [-0.2, -0.15) is 9.83 Å². The van der Waals surface area contributed by atoms with Gasteiger partial charge in [-0.25, -0.2) is 14.8 Å². The molecule has 3 heterocycles. The monoisotopic (exact) mass is 407 g/mol. The van der Waals surface area contributed by atoms with Gasteiger partial charge in [0.25, 0.3) is 0 Å². The van der Waals surface area contributed by atoms with Gasteiger partial charge in [0.1, 0.15) is 12.1 Å². The smallest absolute Gasteiger partial charge is 0.437 e. The maximum absolute atomic E-state index is 12.2. The van der Waals surface area contributed by atoms with Gasteiger partial charge in [-0.3, -0.25) is 10.00 Å². The first kappa shape index (κ1) is 19.4. The average Bonchev–Trinajstić information content (AvgIpc) is 3.24. The molecule has 0 bridgehead atoms. The van der Waals surface area contributed by atoms with Crippen molar-refractivity contribution in [3.05, 3.63) is 60.3 Å². The zero-order valence-electron chi connectivity index (χ0n) is 16.8. The van der Waals surface area contributed by atoms with Gasteiger partial charge in [-0.05, 0) is 38.2 Å². The van der Waals surface area contributed by atoms with Crippen molar-refractivity contribution in [1.82, 2.24) is 29.8 Å². The van der Waals surface area contributed by atoms with E-state index in [1.165, 1.54) is 11.1 Å². The third-order valence-electron chi connectivity index (χ3n) is 4.43. The lowest BCUT2D eigenvalue weighted by Gasteiger charge is -2.08. The summed E-state index contributed by atoms with van der Waals surface area (Å²) in [6.07, 6.45) is 2.49. The summed E-state index contributed by atoms with van der Waals surface area (Å²) in [5.74, 6) is 1.49. The summed E-state index contributed by atoms with van der Waals surface area (Å²) in [6, 6.07) is 10.8. The minimum absolute atomic E-state index is 0.426. The van der Waals surface area contributed by atoms with E-state index in [0.717, 1.165) is 16.8 Å². The molecule has 1 amide bonds. The van der Waals surface area contributed by atoms with E-state index in [-0.39, 0.29) is 0 Å². The third kappa shape index (κ3) is 4.23. The molecule has 0 saturated heterocycles. The van der Waals surface area contributed by atoms with Crippen molar-refractivity contribution in [2.24, 2.45) is 7.05 Å². The van der Waals surface area contributed by atoms with E-state index >= 15 is 0 Å². The highest BCUT2D eigenvalue weighted by Gasteiger charge is 2.11. The summed E-state index contributed by atoms with van der Waals surface area (Å²) < 4.78 is 8.89. The molecule has 10 heteroatoms. The maximum Gasteiger partial charge on any atom is 0.437 e. The Morgan fingerprint density at radius 2 is 2.03 bits per heavy atom. The van der Waals surface area contributed by atoms with Crippen molar-refractivity contribution in [3.8, 4) is 11.6 Å². The highest BCUT2D eigenvalue weighted by atomic mass is 16.7. The first-order valence-corrected chi connectivity index (χ1v) is 9.26. The van der Waals surface area contributed by atoms with Gasteiger partial charge in [0.2, 0.25) is 5.88 Å². The Bertz CT molecular complexity index is 1180. The fourth-order valence-corrected chi connectivity index (χ4v) is 2.91. The Kier molecular flexibility index (Phi) is 5.31. The summed E-state index contributed by atoms with van der Waals surface area (Å²) in [6.45, 7) is 2.52. The van der Waals surface area contributed by atoms with E-state index in [2.05, 4.69) is 25.7 Å². The molecule has 30 heavy (non-hydrogen) atoms. The Balaban J connectivity index is 1.46. The molecule has 154 valence electrons. The van der Waals surface area contributed by atoms with E-state index in [1.54, 1.807) is 42.2 Å². The number of aromatic nitrogens is 5. The van der Waals surface area contributed by atoms with Crippen LogP contribution in [0.2, 0.25) is 0 Å². The van der Waals surface area contributed by atoms with Gasteiger partial charge in [0, 0.05) is 43.0 Å². The summed E-state index contributed by atoms with van der Waals surface area (Å²) >= 11 is 0. The molecular formula is C20H21N7O3. The Morgan fingerprint density at radius 3 is 2.80 bits per heavy atom.